The first kappa shape index (κ1) is 29.5. The molecule has 202 valence electrons. The highest BCUT2D eigenvalue weighted by atomic mass is 32.1. The number of aromatic amines is 1. The molecule has 13 nitrogen and oxygen atoms in total. The number of H-pyrrole nitrogens is 1. The normalized spacial score (nSPS) is 14.1. The molecule has 0 saturated heterocycles. The molecule has 0 aliphatic heterocycles. The number of aliphatic imine (C=N–C) groups is 1. The zero-order chi connectivity index (χ0) is 27.5. The topological polar surface area (TPSA) is 231 Å². The minimum absolute atomic E-state index is 0.0682. The van der Waals surface area contributed by atoms with Crippen LogP contribution in [0.5, 0.6) is 0 Å². The highest BCUT2D eigenvalue weighted by Gasteiger charge is 2.29. The van der Waals surface area contributed by atoms with Gasteiger partial charge in [-0.2, -0.15) is 12.6 Å². The van der Waals surface area contributed by atoms with Crippen molar-refractivity contribution in [2.75, 3.05) is 12.3 Å². The molecule has 2 aromatic rings. The van der Waals surface area contributed by atoms with Gasteiger partial charge in [0, 0.05) is 35.8 Å². The van der Waals surface area contributed by atoms with Crippen LogP contribution in [0, 0.1) is 0 Å². The van der Waals surface area contributed by atoms with E-state index in [0.717, 1.165) is 16.5 Å². The summed E-state index contributed by atoms with van der Waals surface area (Å²) >= 11 is 3.97. The van der Waals surface area contributed by atoms with Gasteiger partial charge in [-0.3, -0.25) is 19.4 Å². The first-order valence-corrected chi connectivity index (χ1v) is 12.3. The van der Waals surface area contributed by atoms with Crippen molar-refractivity contribution in [2.45, 2.75) is 50.4 Å². The molecule has 0 bridgehead atoms. The molecule has 37 heavy (non-hydrogen) atoms. The van der Waals surface area contributed by atoms with Gasteiger partial charge in [0.2, 0.25) is 17.7 Å². The number of carbonyl (C=O) groups is 4. The van der Waals surface area contributed by atoms with E-state index in [-0.39, 0.29) is 31.1 Å². The van der Waals surface area contributed by atoms with Crippen LogP contribution >= 0.6 is 12.6 Å². The molecular formula is C23H34N8O5S. The Bertz CT molecular complexity index is 1130. The number of aliphatic carboxylic acids is 1. The van der Waals surface area contributed by atoms with Crippen LogP contribution in [0.25, 0.3) is 10.9 Å². The minimum atomic E-state index is -1.24. The third-order valence-electron chi connectivity index (χ3n) is 5.58. The lowest BCUT2D eigenvalue weighted by molar-refractivity contribution is -0.142. The highest BCUT2D eigenvalue weighted by molar-refractivity contribution is 7.80. The van der Waals surface area contributed by atoms with Gasteiger partial charge in [-0.05, 0) is 31.4 Å². The summed E-state index contributed by atoms with van der Waals surface area (Å²) in [4.78, 5) is 56.8. The second kappa shape index (κ2) is 14.1. The second-order valence-corrected chi connectivity index (χ2v) is 8.86. The predicted octanol–water partition coefficient (Wildman–Crippen LogP) is -1.42. The Morgan fingerprint density at radius 1 is 1.05 bits per heavy atom. The molecule has 3 amide bonds. The van der Waals surface area contributed by atoms with Gasteiger partial charge >= 0.3 is 5.97 Å². The summed E-state index contributed by atoms with van der Waals surface area (Å²) in [6.07, 6.45) is 2.17. The quantitative estimate of drug-likeness (QED) is 0.0602. The summed E-state index contributed by atoms with van der Waals surface area (Å²) < 4.78 is 0. The van der Waals surface area contributed by atoms with Crippen molar-refractivity contribution in [3.05, 3.63) is 36.0 Å². The van der Waals surface area contributed by atoms with Gasteiger partial charge in [-0.15, -0.1) is 0 Å². The fourth-order valence-electron chi connectivity index (χ4n) is 3.53. The molecule has 11 N–H and O–H groups in total. The Morgan fingerprint density at radius 2 is 1.73 bits per heavy atom. The lowest BCUT2D eigenvalue weighted by atomic mass is 10.0. The van der Waals surface area contributed by atoms with E-state index >= 15 is 0 Å². The summed E-state index contributed by atoms with van der Waals surface area (Å²) in [5.41, 5.74) is 17.8. The maximum atomic E-state index is 13.2. The van der Waals surface area contributed by atoms with E-state index in [1.807, 2.05) is 24.3 Å². The van der Waals surface area contributed by atoms with E-state index < -0.39 is 47.9 Å². The number of benzene rings is 1. The van der Waals surface area contributed by atoms with Crippen molar-refractivity contribution in [3.8, 4) is 0 Å². The van der Waals surface area contributed by atoms with Gasteiger partial charge in [-0.1, -0.05) is 18.2 Å². The molecule has 4 atom stereocenters. The van der Waals surface area contributed by atoms with Gasteiger partial charge in [0.25, 0.3) is 0 Å². The van der Waals surface area contributed by atoms with Crippen LogP contribution in [0.3, 0.4) is 0 Å². The molecule has 1 aromatic heterocycles. The Balaban J connectivity index is 2.20. The summed E-state index contributed by atoms with van der Waals surface area (Å²) in [7, 11) is 0. The Labute approximate surface area is 219 Å². The van der Waals surface area contributed by atoms with Crippen LogP contribution in [-0.4, -0.2) is 76.2 Å². The number of aromatic nitrogens is 1. The van der Waals surface area contributed by atoms with Crippen molar-refractivity contribution >= 4 is 53.2 Å². The highest BCUT2D eigenvalue weighted by Crippen LogP contribution is 2.19. The number of carboxylic acids is 1. The average Bonchev–Trinajstić information content (AvgIpc) is 3.27. The molecule has 0 spiro atoms. The zero-order valence-electron chi connectivity index (χ0n) is 20.4. The van der Waals surface area contributed by atoms with Gasteiger partial charge in [0.1, 0.15) is 18.1 Å². The number of nitrogens with zero attached hydrogens (tertiary/aromatic N) is 1. The van der Waals surface area contributed by atoms with Gasteiger partial charge in [0.15, 0.2) is 5.96 Å². The number of para-hydroxylation sites is 1. The summed E-state index contributed by atoms with van der Waals surface area (Å²) in [6.45, 7) is 1.64. The lowest BCUT2D eigenvalue weighted by Crippen LogP contribution is -2.57. The van der Waals surface area contributed by atoms with Crippen LogP contribution in [0.15, 0.2) is 35.5 Å². The van der Waals surface area contributed by atoms with Crippen molar-refractivity contribution in [1.82, 2.24) is 20.9 Å². The van der Waals surface area contributed by atoms with Gasteiger partial charge in [0.05, 0.1) is 6.04 Å². The third kappa shape index (κ3) is 8.99. The third-order valence-corrected chi connectivity index (χ3v) is 5.97. The van der Waals surface area contributed by atoms with Crippen LogP contribution in [-0.2, 0) is 25.6 Å². The number of thiol groups is 1. The number of carbonyl (C=O) groups excluding carboxylic acids is 3. The largest absolute Gasteiger partial charge is 0.480 e. The number of nitrogens with two attached hydrogens (primary N) is 3. The van der Waals surface area contributed by atoms with Crippen molar-refractivity contribution in [2.24, 2.45) is 22.2 Å². The Kier molecular flexibility index (Phi) is 11.2. The van der Waals surface area contributed by atoms with E-state index in [1.54, 1.807) is 6.20 Å². The fourth-order valence-corrected chi connectivity index (χ4v) is 3.69. The number of hydrogen-bond acceptors (Lipinski definition) is 7. The molecule has 1 aromatic carbocycles. The number of nitrogens with one attached hydrogen (secondary N) is 4. The number of amides is 3. The Morgan fingerprint density at radius 3 is 2.38 bits per heavy atom. The summed E-state index contributed by atoms with van der Waals surface area (Å²) in [5, 5.41) is 18.0. The van der Waals surface area contributed by atoms with E-state index in [1.165, 1.54) is 6.92 Å². The Hall–Kier alpha value is -3.78. The van der Waals surface area contributed by atoms with Crippen LogP contribution < -0.4 is 33.2 Å². The summed E-state index contributed by atoms with van der Waals surface area (Å²) in [5.74, 6) is -3.17. The number of rotatable bonds is 14. The fraction of sp³-hybridized carbons (Fsp3) is 0.435. The monoisotopic (exact) mass is 534 g/mol. The molecule has 4 unspecified atom stereocenters. The molecule has 0 saturated carbocycles. The molecule has 0 aliphatic rings. The van der Waals surface area contributed by atoms with E-state index in [4.69, 9.17) is 17.2 Å². The molecule has 0 fully saturated rings. The van der Waals surface area contributed by atoms with Crippen LogP contribution in [0.2, 0.25) is 0 Å². The lowest BCUT2D eigenvalue weighted by Gasteiger charge is -2.23. The standard InChI is InChI=1S/C23H34N8O5S/c1-12(29-20(33)15(24)11-37)19(32)31-18(9-13-10-28-16-6-3-2-5-14(13)16)21(34)30-17(22(35)36)7-4-8-27-23(25)26/h2-3,5-6,10,12,15,17-18,28,37H,4,7-9,11,24H2,1H3,(H,29,33)(H,30,34)(H,31,32)(H,35,36)(H4,25,26,27). The zero-order valence-corrected chi connectivity index (χ0v) is 21.3. The van der Waals surface area contributed by atoms with Crippen LogP contribution in [0.1, 0.15) is 25.3 Å². The maximum Gasteiger partial charge on any atom is 0.326 e. The summed E-state index contributed by atoms with van der Waals surface area (Å²) in [6, 6.07) is 3.15. The van der Waals surface area contributed by atoms with E-state index in [9.17, 15) is 24.3 Å². The number of guanidine groups is 1. The van der Waals surface area contributed by atoms with E-state index in [0.29, 0.717) is 6.42 Å². The van der Waals surface area contributed by atoms with Crippen LogP contribution in [0.4, 0.5) is 0 Å². The first-order valence-electron chi connectivity index (χ1n) is 11.6. The van der Waals surface area contributed by atoms with Gasteiger partial charge < -0.3 is 43.2 Å². The molecule has 14 heteroatoms. The SMILES string of the molecule is CC(NC(=O)C(N)CS)C(=O)NC(Cc1c[nH]c2ccccc12)C(=O)NC(CCCN=C(N)N)C(=O)O. The van der Waals surface area contributed by atoms with Gasteiger partial charge in [-0.25, -0.2) is 4.79 Å². The minimum Gasteiger partial charge on any atom is -0.480 e. The second-order valence-electron chi connectivity index (χ2n) is 8.49. The molecule has 0 aliphatic carbocycles. The molecule has 1 heterocycles. The first-order chi connectivity index (χ1) is 17.5. The number of hydrogen-bond donors (Lipinski definition) is 9. The predicted molar refractivity (Wildman–Crippen MR) is 143 cm³/mol. The smallest absolute Gasteiger partial charge is 0.326 e. The van der Waals surface area contributed by atoms with Crippen molar-refractivity contribution in [3.63, 3.8) is 0 Å². The molecule has 2 rings (SSSR count). The average molecular weight is 535 g/mol. The van der Waals surface area contributed by atoms with Crippen molar-refractivity contribution < 1.29 is 24.3 Å². The number of carboxylic acid groups (broad SMARTS) is 1. The van der Waals surface area contributed by atoms with Crippen molar-refractivity contribution in [1.29, 1.82) is 0 Å². The maximum absolute atomic E-state index is 13.2. The molecule has 0 radical (unpaired) electrons. The molecular weight excluding hydrogens is 500 g/mol. The number of fused-ring (bicyclic) bond motifs is 1. The van der Waals surface area contributed by atoms with E-state index in [2.05, 4.69) is 38.6 Å².